The van der Waals surface area contributed by atoms with Crippen molar-refractivity contribution < 1.29 is 9.53 Å². The molecule has 1 aromatic heterocycles. The molecule has 2 aliphatic rings. The number of fused-ring (bicyclic) bond motifs is 1. The van der Waals surface area contributed by atoms with Crippen molar-refractivity contribution in [3.05, 3.63) is 70.6 Å². The Hall–Kier alpha value is -3.16. The second kappa shape index (κ2) is 8.53. The molecule has 7 heteroatoms. The predicted molar refractivity (Wildman–Crippen MR) is 127 cm³/mol. The summed E-state index contributed by atoms with van der Waals surface area (Å²) in [6, 6.07) is 18.0. The number of benzene rings is 2. The van der Waals surface area contributed by atoms with Crippen molar-refractivity contribution in [2.75, 3.05) is 31.2 Å². The Morgan fingerprint density at radius 2 is 1.90 bits per heavy atom. The number of amides is 1. The summed E-state index contributed by atoms with van der Waals surface area (Å²) in [6.07, 6.45) is 1.92. The normalized spacial score (nSPS) is 19.4. The van der Waals surface area contributed by atoms with E-state index in [1.165, 1.54) is 11.8 Å². The largest absolute Gasteiger partial charge is 0.378 e. The standard InChI is InChI=1S/C24H22N4O2S/c1-16-6-2-4-8-19(16)26-24-27-23(29)21(31-24)15-18-14-17-7-3-5-9-20(17)25-22(18)28-10-12-30-13-11-28/h2-9,14-15H,10-13H2,1H3,(H,26,27,29)/b21-15-. The predicted octanol–water partition coefficient (Wildman–Crippen LogP) is 4.27. The van der Waals surface area contributed by atoms with E-state index in [1.807, 2.05) is 61.5 Å². The van der Waals surface area contributed by atoms with Crippen molar-refractivity contribution >= 4 is 51.3 Å². The number of thioether (sulfide) groups is 1. The Morgan fingerprint density at radius 1 is 1.13 bits per heavy atom. The number of para-hydroxylation sites is 2. The number of hydrogen-bond donors (Lipinski definition) is 1. The molecule has 0 bridgehead atoms. The van der Waals surface area contributed by atoms with E-state index in [0.717, 1.165) is 46.6 Å². The number of amidine groups is 1. The minimum atomic E-state index is -0.140. The summed E-state index contributed by atoms with van der Waals surface area (Å²) < 4.78 is 5.51. The van der Waals surface area contributed by atoms with Crippen LogP contribution in [-0.2, 0) is 9.53 Å². The van der Waals surface area contributed by atoms with Gasteiger partial charge in [-0.2, -0.15) is 0 Å². The van der Waals surface area contributed by atoms with Gasteiger partial charge in [0.2, 0.25) is 0 Å². The van der Waals surface area contributed by atoms with Crippen LogP contribution in [0.1, 0.15) is 11.1 Å². The number of aryl methyl sites for hydroxylation is 1. The maximum atomic E-state index is 12.7. The number of ether oxygens (including phenoxy) is 1. The lowest BCUT2D eigenvalue weighted by Gasteiger charge is -2.29. The quantitative estimate of drug-likeness (QED) is 0.629. The van der Waals surface area contributed by atoms with Crippen LogP contribution in [0.25, 0.3) is 17.0 Å². The van der Waals surface area contributed by atoms with E-state index >= 15 is 0 Å². The van der Waals surface area contributed by atoms with Gasteiger partial charge in [0.05, 0.1) is 29.3 Å². The van der Waals surface area contributed by atoms with Gasteiger partial charge >= 0.3 is 0 Å². The van der Waals surface area contributed by atoms with Gasteiger partial charge in [-0.05, 0) is 48.5 Å². The van der Waals surface area contributed by atoms with Gasteiger partial charge in [0.1, 0.15) is 5.82 Å². The molecule has 3 heterocycles. The van der Waals surface area contributed by atoms with E-state index in [4.69, 9.17) is 9.72 Å². The number of carbonyl (C=O) groups excluding carboxylic acids is 1. The Morgan fingerprint density at radius 3 is 2.74 bits per heavy atom. The topological polar surface area (TPSA) is 66.8 Å². The molecule has 0 atom stereocenters. The third-order valence-electron chi connectivity index (χ3n) is 5.32. The molecule has 1 N–H and O–H groups in total. The van der Waals surface area contributed by atoms with E-state index in [2.05, 4.69) is 21.3 Å². The number of carbonyl (C=O) groups is 1. The van der Waals surface area contributed by atoms with Crippen LogP contribution >= 0.6 is 11.8 Å². The van der Waals surface area contributed by atoms with Crippen LogP contribution in [0.5, 0.6) is 0 Å². The van der Waals surface area contributed by atoms with Gasteiger partial charge in [-0.15, -0.1) is 0 Å². The molecule has 156 valence electrons. The number of hydrogen-bond acceptors (Lipinski definition) is 6. The number of nitrogens with one attached hydrogen (secondary N) is 1. The SMILES string of the molecule is Cc1ccccc1N=C1NC(=O)/C(=C/c2cc3ccccc3nc2N2CCOCC2)S1. The lowest BCUT2D eigenvalue weighted by Crippen LogP contribution is -2.37. The highest BCUT2D eigenvalue weighted by Gasteiger charge is 2.25. The summed E-state index contributed by atoms with van der Waals surface area (Å²) in [6.45, 7) is 4.91. The Balaban J connectivity index is 1.52. The van der Waals surface area contributed by atoms with Crippen molar-refractivity contribution in [3.63, 3.8) is 0 Å². The minimum Gasteiger partial charge on any atom is -0.378 e. The van der Waals surface area contributed by atoms with Crippen LogP contribution in [0.4, 0.5) is 11.5 Å². The average molecular weight is 431 g/mol. The van der Waals surface area contributed by atoms with E-state index in [9.17, 15) is 4.79 Å². The molecule has 5 rings (SSSR count). The molecule has 3 aromatic rings. The molecule has 2 aliphatic heterocycles. The molecule has 2 fully saturated rings. The highest BCUT2D eigenvalue weighted by molar-refractivity contribution is 8.18. The van der Waals surface area contributed by atoms with Crippen molar-refractivity contribution in [2.24, 2.45) is 4.99 Å². The average Bonchev–Trinajstić information content (AvgIpc) is 3.14. The van der Waals surface area contributed by atoms with Crippen LogP contribution in [0.3, 0.4) is 0 Å². The molecule has 2 aromatic carbocycles. The lowest BCUT2D eigenvalue weighted by molar-refractivity contribution is -0.115. The van der Waals surface area contributed by atoms with Crippen molar-refractivity contribution in [1.82, 2.24) is 10.3 Å². The van der Waals surface area contributed by atoms with Crippen molar-refractivity contribution in [2.45, 2.75) is 6.92 Å². The van der Waals surface area contributed by atoms with Gasteiger partial charge < -0.3 is 15.0 Å². The van der Waals surface area contributed by atoms with E-state index in [0.29, 0.717) is 23.3 Å². The van der Waals surface area contributed by atoms with Crippen LogP contribution in [0.15, 0.2) is 64.5 Å². The molecule has 0 unspecified atom stereocenters. The summed E-state index contributed by atoms with van der Waals surface area (Å²) >= 11 is 1.36. The molecule has 31 heavy (non-hydrogen) atoms. The smallest absolute Gasteiger partial charge is 0.264 e. The molecule has 0 saturated carbocycles. The first-order valence-corrected chi connectivity index (χ1v) is 11.1. The van der Waals surface area contributed by atoms with Crippen molar-refractivity contribution in [3.8, 4) is 0 Å². The molecule has 1 amide bonds. The molecule has 6 nitrogen and oxygen atoms in total. The third kappa shape index (κ3) is 4.19. The summed E-state index contributed by atoms with van der Waals surface area (Å²) in [5, 5.41) is 4.52. The summed E-state index contributed by atoms with van der Waals surface area (Å²) in [5.74, 6) is 0.741. The number of rotatable bonds is 3. The third-order valence-corrected chi connectivity index (χ3v) is 6.23. The number of aliphatic imine (C=N–C) groups is 1. The van der Waals surface area contributed by atoms with Crippen LogP contribution < -0.4 is 10.2 Å². The van der Waals surface area contributed by atoms with E-state index < -0.39 is 0 Å². The maximum absolute atomic E-state index is 12.7. The van der Waals surface area contributed by atoms with E-state index in [1.54, 1.807) is 0 Å². The van der Waals surface area contributed by atoms with Crippen LogP contribution in [0, 0.1) is 6.92 Å². The maximum Gasteiger partial charge on any atom is 0.264 e. The number of morpholine rings is 1. The molecule has 0 aliphatic carbocycles. The fourth-order valence-corrected chi connectivity index (χ4v) is 4.50. The van der Waals surface area contributed by atoms with Crippen molar-refractivity contribution in [1.29, 1.82) is 0 Å². The highest BCUT2D eigenvalue weighted by atomic mass is 32.2. The summed E-state index contributed by atoms with van der Waals surface area (Å²) in [5.41, 5.74) is 3.79. The van der Waals surface area contributed by atoms with Gasteiger partial charge in [-0.1, -0.05) is 36.4 Å². The Kier molecular flexibility index (Phi) is 5.44. The number of anilines is 1. The lowest BCUT2D eigenvalue weighted by atomic mass is 10.1. The first-order chi connectivity index (χ1) is 15.2. The molecule has 2 saturated heterocycles. The van der Waals surface area contributed by atoms with Gasteiger partial charge in [0.25, 0.3) is 5.91 Å². The fourth-order valence-electron chi connectivity index (χ4n) is 3.68. The Labute approximate surface area is 185 Å². The zero-order valence-corrected chi connectivity index (χ0v) is 18.0. The van der Waals surface area contributed by atoms with Gasteiger partial charge in [0, 0.05) is 24.0 Å². The molecular formula is C24H22N4O2S. The van der Waals surface area contributed by atoms with Gasteiger partial charge in [-0.3, -0.25) is 4.79 Å². The monoisotopic (exact) mass is 430 g/mol. The second-order valence-corrected chi connectivity index (χ2v) is 8.49. The van der Waals surface area contributed by atoms with Gasteiger partial charge in [0.15, 0.2) is 5.17 Å². The fraction of sp³-hybridized carbons (Fsp3) is 0.208. The summed E-state index contributed by atoms with van der Waals surface area (Å²) in [4.78, 5) is 25.1. The zero-order valence-electron chi connectivity index (χ0n) is 17.2. The highest BCUT2D eigenvalue weighted by Crippen LogP contribution is 2.32. The van der Waals surface area contributed by atoms with E-state index in [-0.39, 0.29) is 5.91 Å². The molecule has 0 radical (unpaired) electrons. The molecule has 0 spiro atoms. The first-order valence-electron chi connectivity index (χ1n) is 10.2. The van der Waals surface area contributed by atoms with Gasteiger partial charge in [-0.25, -0.2) is 9.98 Å². The minimum absolute atomic E-state index is 0.140. The first kappa shape index (κ1) is 19.8. The Bertz CT molecular complexity index is 1220. The van der Waals surface area contributed by atoms with Crippen LogP contribution in [-0.4, -0.2) is 42.4 Å². The second-order valence-electron chi connectivity index (χ2n) is 7.46. The number of pyridine rings is 1. The number of aromatic nitrogens is 1. The number of nitrogens with zero attached hydrogens (tertiary/aromatic N) is 3. The summed E-state index contributed by atoms with van der Waals surface area (Å²) in [7, 11) is 0. The van der Waals surface area contributed by atoms with Crippen LogP contribution in [0.2, 0.25) is 0 Å². The zero-order chi connectivity index (χ0) is 21.2. The molecular weight excluding hydrogens is 408 g/mol.